The van der Waals surface area contributed by atoms with E-state index in [1.54, 1.807) is 11.3 Å². The van der Waals surface area contributed by atoms with Crippen LogP contribution in [0.1, 0.15) is 30.6 Å². The van der Waals surface area contributed by atoms with E-state index in [4.69, 9.17) is 0 Å². The van der Waals surface area contributed by atoms with E-state index in [2.05, 4.69) is 15.9 Å². The molecule has 1 aromatic heterocycles. The number of rotatable bonds is 2. The van der Waals surface area contributed by atoms with Crippen molar-refractivity contribution in [3.05, 3.63) is 20.8 Å². The SMILES string of the molecule is O=C1CCCCC(=O)N1Cc1ccc(Br)s1. The molecule has 16 heavy (non-hydrogen) atoms. The molecule has 1 saturated heterocycles. The van der Waals surface area contributed by atoms with Crippen LogP contribution in [-0.2, 0) is 16.1 Å². The van der Waals surface area contributed by atoms with E-state index in [1.807, 2.05) is 12.1 Å². The Kier molecular flexibility index (Phi) is 3.76. The molecule has 2 amide bonds. The highest BCUT2D eigenvalue weighted by atomic mass is 79.9. The normalized spacial score (nSPS) is 17.7. The number of imide groups is 1. The van der Waals surface area contributed by atoms with Crippen LogP contribution in [0.25, 0.3) is 0 Å². The molecule has 0 atom stereocenters. The van der Waals surface area contributed by atoms with E-state index in [0.29, 0.717) is 19.4 Å². The largest absolute Gasteiger partial charge is 0.277 e. The fraction of sp³-hybridized carbons (Fsp3) is 0.455. The Morgan fingerprint density at radius 1 is 1.19 bits per heavy atom. The minimum Gasteiger partial charge on any atom is -0.277 e. The average Bonchev–Trinajstić information content (AvgIpc) is 2.59. The molecule has 0 aromatic carbocycles. The summed E-state index contributed by atoms with van der Waals surface area (Å²) in [5.41, 5.74) is 0. The zero-order valence-electron chi connectivity index (χ0n) is 8.74. The molecule has 0 aliphatic carbocycles. The zero-order chi connectivity index (χ0) is 11.5. The van der Waals surface area contributed by atoms with Crippen LogP contribution >= 0.6 is 27.3 Å². The van der Waals surface area contributed by atoms with E-state index in [-0.39, 0.29) is 11.8 Å². The molecule has 0 bridgehead atoms. The smallest absolute Gasteiger partial charge is 0.229 e. The summed E-state index contributed by atoms with van der Waals surface area (Å²) in [7, 11) is 0. The van der Waals surface area contributed by atoms with Gasteiger partial charge in [0.15, 0.2) is 0 Å². The maximum atomic E-state index is 11.7. The lowest BCUT2D eigenvalue weighted by atomic mass is 10.2. The van der Waals surface area contributed by atoms with Gasteiger partial charge in [-0.3, -0.25) is 14.5 Å². The molecule has 1 aliphatic rings. The standard InChI is InChI=1S/C11H12BrNO2S/c12-9-6-5-8(16-9)7-13-10(14)3-1-2-4-11(13)15/h5-6H,1-4,7H2. The molecular weight excluding hydrogens is 290 g/mol. The summed E-state index contributed by atoms with van der Waals surface area (Å²) >= 11 is 4.94. The van der Waals surface area contributed by atoms with Crippen LogP contribution in [0, 0.1) is 0 Å². The van der Waals surface area contributed by atoms with Crippen LogP contribution in [0.15, 0.2) is 15.9 Å². The molecule has 86 valence electrons. The highest BCUT2D eigenvalue weighted by molar-refractivity contribution is 9.11. The molecule has 2 heterocycles. The van der Waals surface area contributed by atoms with Gasteiger partial charge in [0, 0.05) is 17.7 Å². The Balaban J connectivity index is 2.11. The van der Waals surface area contributed by atoms with Gasteiger partial charge in [-0.05, 0) is 40.9 Å². The Morgan fingerprint density at radius 2 is 1.81 bits per heavy atom. The van der Waals surface area contributed by atoms with Crippen molar-refractivity contribution in [3.8, 4) is 0 Å². The first-order valence-electron chi connectivity index (χ1n) is 5.24. The predicted octanol–water partition coefficient (Wildman–Crippen LogP) is 2.94. The van der Waals surface area contributed by atoms with Crippen molar-refractivity contribution in [2.75, 3.05) is 0 Å². The van der Waals surface area contributed by atoms with Gasteiger partial charge in [-0.2, -0.15) is 0 Å². The Morgan fingerprint density at radius 3 is 2.31 bits per heavy atom. The number of nitrogens with zero attached hydrogens (tertiary/aromatic N) is 1. The first-order valence-corrected chi connectivity index (χ1v) is 6.85. The molecule has 0 spiro atoms. The Labute approximate surface area is 107 Å². The van der Waals surface area contributed by atoms with Crippen molar-refractivity contribution in [2.45, 2.75) is 32.2 Å². The summed E-state index contributed by atoms with van der Waals surface area (Å²) in [4.78, 5) is 25.9. The van der Waals surface area contributed by atoms with Gasteiger partial charge in [0.25, 0.3) is 0 Å². The number of likely N-dealkylation sites (tertiary alicyclic amines) is 1. The third kappa shape index (κ3) is 2.71. The summed E-state index contributed by atoms with van der Waals surface area (Å²) < 4.78 is 1.03. The minimum absolute atomic E-state index is 0.0352. The molecule has 2 rings (SSSR count). The number of carbonyl (C=O) groups is 2. The first kappa shape index (κ1) is 11.8. The zero-order valence-corrected chi connectivity index (χ0v) is 11.1. The van der Waals surface area contributed by atoms with E-state index < -0.39 is 0 Å². The summed E-state index contributed by atoms with van der Waals surface area (Å²) in [6.45, 7) is 0.425. The van der Waals surface area contributed by atoms with E-state index >= 15 is 0 Å². The van der Waals surface area contributed by atoms with Gasteiger partial charge in [-0.25, -0.2) is 0 Å². The number of hydrogen-bond acceptors (Lipinski definition) is 3. The molecule has 0 radical (unpaired) electrons. The molecule has 1 aliphatic heterocycles. The minimum atomic E-state index is -0.0352. The van der Waals surface area contributed by atoms with Crippen molar-refractivity contribution >= 4 is 39.1 Å². The van der Waals surface area contributed by atoms with Crippen LogP contribution in [-0.4, -0.2) is 16.7 Å². The number of amides is 2. The Hall–Kier alpha value is -0.680. The summed E-state index contributed by atoms with van der Waals surface area (Å²) in [5.74, 6) is -0.0703. The van der Waals surface area contributed by atoms with E-state index in [1.165, 1.54) is 4.90 Å². The molecular formula is C11H12BrNO2S. The fourth-order valence-electron chi connectivity index (χ4n) is 1.73. The highest BCUT2D eigenvalue weighted by Crippen LogP contribution is 2.24. The second kappa shape index (κ2) is 5.10. The van der Waals surface area contributed by atoms with Crippen molar-refractivity contribution < 1.29 is 9.59 Å². The number of hydrogen-bond donors (Lipinski definition) is 0. The van der Waals surface area contributed by atoms with Crippen molar-refractivity contribution in [1.82, 2.24) is 4.90 Å². The third-order valence-electron chi connectivity index (χ3n) is 2.58. The van der Waals surface area contributed by atoms with Crippen LogP contribution in [0.2, 0.25) is 0 Å². The molecule has 5 heteroatoms. The topological polar surface area (TPSA) is 37.4 Å². The van der Waals surface area contributed by atoms with Crippen LogP contribution in [0.4, 0.5) is 0 Å². The van der Waals surface area contributed by atoms with Crippen molar-refractivity contribution in [1.29, 1.82) is 0 Å². The molecule has 1 fully saturated rings. The highest BCUT2D eigenvalue weighted by Gasteiger charge is 2.24. The molecule has 0 saturated carbocycles. The summed E-state index contributed by atoms with van der Waals surface area (Å²) in [6, 6.07) is 3.88. The summed E-state index contributed by atoms with van der Waals surface area (Å²) in [5, 5.41) is 0. The number of carbonyl (C=O) groups excluding carboxylic acids is 2. The maximum Gasteiger partial charge on any atom is 0.229 e. The van der Waals surface area contributed by atoms with Crippen molar-refractivity contribution in [3.63, 3.8) is 0 Å². The summed E-state index contributed by atoms with van der Waals surface area (Å²) in [6.07, 6.45) is 2.65. The van der Waals surface area contributed by atoms with Gasteiger partial charge in [0.2, 0.25) is 11.8 Å². The second-order valence-electron chi connectivity index (χ2n) is 3.79. The predicted molar refractivity (Wildman–Crippen MR) is 66.0 cm³/mol. The lowest BCUT2D eigenvalue weighted by Gasteiger charge is -2.17. The van der Waals surface area contributed by atoms with Gasteiger partial charge < -0.3 is 0 Å². The van der Waals surface area contributed by atoms with Gasteiger partial charge in [0.1, 0.15) is 0 Å². The van der Waals surface area contributed by atoms with Crippen molar-refractivity contribution in [2.24, 2.45) is 0 Å². The molecule has 1 aromatic rings. The second-order valence-corrected chi connectivity index (χ2v) is 6.33. The lowest BCUT2D eigenvalue weighted by molar-refractivity contribution is -0.144. The van der Waals surface area contributed by atoms with Crippen LogP contribution in [0.3, 0.4) is 0 Å². The van der Waals surface area contributed by atoms with E-state index in [0.717, 1.165) is 21.5 Å². The molecule has 3 nitrogen and oxygen atoms in total. The van der Waals surface area contributed by atoms with E-state index in [9.17, 15) is 9.59 Å². The van der Waals surface area contributed by atoms with Gasteiger partial charge in [-0.1, -0.05) is 0 Å². The van der Waals surface area contributed by atoms with Gasteiger partial charge in [0.05, 0.1) is 10.3 Å². The quantitative estimate of drug-likeness (QED) is 0.788. The molecule has 0 N–H and O–H groups in total. The first-order chi connectivity index (χ1) is 7.66. The average molecular weight is 302 g/mol. The lowest BCUT2D eigenvalue weighted by Crippen LogP contribution is -2.34. The van der Waals surface area contributed by atoms with Crippen LogP contribution in [0.5, 0.6) is 0 Å². The fourth-order valence-corrected chi connectivity index (χ4v) is 3.20. The molecule has 0 unspecified atom stereocenters. The monoisotopic (exact) mass is 301 g/mol. The maximum absolute atomic E-state index is 11.7. The van der Waals surface area contributed by atoms with Crippen LogP contribution < -0.4 is 0 Å². The number of thiophene rings is 1. The third-order valence-corrected chi connectivity index (χ3v) is 4.18. The van der Waals surface area contributed by atoms with Gasteiger partial charge in [-0.15, -0.1) is 11.3 Å². The number of halogens is 1. The Bertz CT molecular complexity index is 398. The van der Waals surface area contributed by atoms with Gasteiger partial charge >= 0.3 is 0 Å².